The highest BCUT2D eigenvalue weighted by Gasteiger charge is 2.40. The van der Waals surface area contributed by atoms with Crippen molar-refractivity contribution < 1.29 is 17.6 Å². The molecule has 0 saturated heterocycles. The molecule has 0 fully saturated rings. The van der Waals surface area contributed by atoms with Crippen molar-refractivity contribution in [2.45, 2.75) is 31.1 Å². The number of aryl methyl sites for hydroxylation is 2. The van der Waals surface area contributed by atoms with Crippen molar-refractivity contribution in [2.75, 3.05) is 11.1 Å². The average molecular weight is 498 g/mol. The third-order valence-electron chi connectivity index (χ3n) is 6.69. The van der Waals surface area contributed by atoms with Crippen LogP contribution >= 0.6 is 0 Å². The fourth-order valence-corrected chi connectivity index (χ4v) is 6.27. The molecule has 5 aromatic rings. The van der Waals surface area contributed by atoms with Crippen LogP contribution in [0.25, 0.3) is 21.9 Å². The molecule has 1 N–H and O–H groups in total. The number of fused-ring (bicyclic) bond motifs is 3. The molecule has 0 aliphatic carbocycles. The van der Waals surface area contributed by atoms with Gasteiger partial charge in [-0.15, -0.1) is 0 Å². The van der Waals surface area contributed by atoms with Gasteiger partial charge in [0.1, 0.15) is 11.2 Å². The van der Waals surface area contributed by atoms with Gasteiger partial charge >= 0.3 is 0 Å². The number of hydrogen-bond donors (Lipinski definition) is 1. The molecule has 5 rings (SSSR count). The fraction of sp³-hybridized carbons (Fsp3) is 0.167. The van der Waals surface area contributed by atoms with Crippen molar-refractivity contribution in [2.24, 2.45) is 0 Å². The van der Waals surface area contributed by atoms with Crippen LogP contribution in [0.4, 0.5) is 5.69 Å². The number of sulfone groups is 1. The van der Waals surface area contributed by atoms with Gasteiger partial charge in [0.15, 0.2) is 9.84 Å². The van der Waals surface area contributed by atoms with E-state index in [1.165, 1.54) is 0 Å². The number of benzene rings is 4. The van der Waals surface area contributed by atoms with Gasteiger partial charge in [-0.05, 0) is 62.7 Å². The molecule has 0 spiro atoms. The van der Waals surface area contributed by atoms with Gasteiger partial charge in [-0.2, -0.15) is 0 Å². The van der Waals surface area contributed by atoms with Crippen LogP contribution < -0.4 is 5.32 Å². The Hall–Kier alpha value is -3.90. The van der Waals surface area contributed by atoms with Crippen molar-refractivity contribution in [3.8, 4) is 0 Å². The van der Waals surface area contributed by atoms with Gasteiger partial charge < -0.3 is 9.73 Å². The van der Waals surface area contributed by atoms with Crippen molar-refractivity contribution in [3.05, 3.63) is 108 Å². The van der Waals surface area contributed by atoms with Crippen molar-refractivity contribution in [3.63, 3.8) is 0 Å². The van der Waals surface area contributed by atoms with Crippen LogP contribution in [0.2, 0.25) is 0 Å². The predicted molar refractivity (Wildman–Crippen MR) is 144 cm³/mol. The first-order valence-corrected chi connectivity index (χ1v) is 13.4. The molecule has 0 aliphatic heterocycles. The number of para-hydroxylation sites is 1. The van der Waals surface area contributed by atoms with Gasteiger partial charge in [0.25, 0.3) is 0 Å². The summed E-state index contributed by atoms with van der Waals surface area (Å²) < 4.78 is 33.4. The van der Waals surface area contributed by atoms with E-state index in [4.69, 9.17) is 4.42 Å². The first kappa shape index (κ1) is 23.8. The Kier molecular flexibility index (Phi) is 5.92. The molecule has 1 heterocycles. The summed E-state index contributed by atoms with van der Waals surface area (Å²) in [5, 5.41) is 4.51. The largest absolute Gasteiger partial charge is 0.456 e. The highest BCUT2D eigenvalue weighted by Crippen LogP contribution is 2.34. The van der Waals surface area contributed by atoms with Crippen molar-refractivity contribution in [1.82, 2.24) is 0 Å². The minimum atomic E-state index is -3.86. The lowest BCUT2D eigenvalue weighted by Crippen LogP contribution is -2.43. The van der Waals surface area contributed by atoms with Crippen LogP contribution in [0.1, 0.15) is 23.6 Å². The van der Waals surface area contributed by atoms with Crippen LogP contribution in [0.15, 0.2) is 100 Å². The Morgan fingerprint density at radius 3 is 2.11 bits per heavy atom. The van der Waals surface area contributed by atoms with E-state index in [0.29, 0.717) is 22.4 Å². The maximum absolute atomic E-state index is 13.8. The summed E-state index contributed by atoms with van der Waals surface area (Å²) in [4.78, 5) is 13.8. The summed E-state index contributed by atoms with van der Waals surface area (Å²) in [6.07, 6.45) is 0. The number of anilines is 1. The molecule has 0 saturated carbocycles. The second-order valence-corrected chi connectivity index (χ2v) is 11.5. The number of amides is 1. The summed E-state index contributed by atoms with van der Waals surface area (Å²) in [5.41, 5.74) is 3.34. The van der Waals surface area contributed by atoms with E-state index in [-0.39, 0.29) is 16.6 Å². The zero-order chi connectivity index (χ0) is 25.5. The molecular formula is C30H27NO4S. The molecule has 182 valence electrons. The highest BCUT2D eigenvalue weighted by atomic mass is 32.2. The molecule has 0 radical (unpaired) electrons. The third-order valence-corrected chi connectivity index (χ3v) is 8.61. The van der Waals surface area contributed by atoms with E-state index >= 15 is 0 Å². The Morgan fingerprint density at radius 1 is 0.806 bits per heavy atom. The molecule has 1 atom stereocenters. The van der Waals surface area contributed by atoms with Crippen molar-refractivity contribution in [1.29, 1.82) is 0 Å². The second-order valence-electron chi connectivity index (χ2n) is 9.53. The van der Waals surface area contributed by atoms with Crippen LogP contribution in [0.3, 0.4) is 0 Å². The van der Waals surface area contributed by atoms with Gasteiger partial charge in [0.05, 0.1) is 16.1 Å². The Morgan fingerprint density at radius 2 is 1.42 bits per heavy atom. The summed E-state index contributed by atoms with van der Waals surface area (Å²) in [5.74, 6) is -0.768. The average Bonchev–Trinajstić information content (AvgIpc) is 3.23. The lowest BCUT2D eigenvalue weighted by molar-refractivity contribution is -0.120. The van der Waals surface area contributed by atoms with Crippen LogP contribution in [-0.4, -0.2) is 20.1 Å². The summed E-state index contributed by atoms with van der Waals surface area (Å²) in [6.45, 7) is 5.61. The normalized spacial score (nSPS) is 13.5. The smallest absolute Gasteiger partial charge is 0.235 e. The third kappa shape index (κ3) is 4.40. The van der Waals surface area contributed by atoms with E-state index < -0.39 is 15.3 Å². The molecule has 1 aromatic heterocycles. The standard InChI is InChI=1S/C30H27NO4S/c1-20-8-12-22(13-9-20)30(3,29(32)31-23-14-10-21(2)11-15-23)19-36(33,34)24-16-17-28-26(18-24)25-6-4-5-7-27(25)35-28/h4-18H,19H2,1-3H3,(H,31,32). The predicted octanol–water partition coefficient (Wildman–Crippen LogP) is 6.57. The highest BCUT2D eigenvalue weighted by molar-refractivity contribution is 7.91. The number of carbonyl (C=O) groups excluding carboxylic acids is 1. The molecule has 36 heavy (non-hydrogen) atoms. The molecule has 4 aromatic carbocycles. The van der Waals surface area contributed by atoms with Crippen LogP contribution in [-0.2, 0) is 20.0 Å². The molecule has 6 heteroatoms. The lowest BCUT2D eigenvalue weighted by Gasteiger charge is -2.29. The molecule has 5 nitrogen and oxygen atoms in total. The molecule has 1 unspecified atom stereocenters. The van der Waals surface area contributed by atoms with E-state index in [1.807, 2.05) is 86.6 Å². The first-order chi connectivity index (χ1) is 17.2. The summed E-state index contributed by atoms with van der Waals surface area (Å²) >= 11 is 0. The topological polar surface area (TPSA) is 76.4 Å². The number of carbonyl (C=O) groups is 1. The molecular weight excluding hydrogens is 470 g/mol. The number of nitrogens with one attached hydrogen (secondary N) is 1. The summed E-state index contributed by atoms with van der Waals surface area (Å²) in [6, 6.07) is 27.3. The zero-order valence-electron chi connectivity index (χ0n) is 20.4. The van der Waals surface area contributed by atoms with Crippen molar-refractivity contribution >= 4 is 43.4 Å². The van der Waals surface area contributed by atoms with Crippen LogP contribution in [0.5, 0.6) is 0 Å². The van der Waals surface area contributed by atoms with Crippen LogP contribution in [0, 0.1) is 13.8 Å². The van der Waals surface area contributed by atoms with E-state index in [9.17, 15) is 13.2 Å². The number of rotatable bonds is 6. The summed E-state index contributed by atoms with van der Waals surface area (Å²) in [7, 11) is -3.86. The number of furan rings is 1. The molecule has 0 aliphatic rings. The zero-order valence-corrected chi connectivity index (χ0v) is 21.2. The van der Waals surface area contributed by atoms with E-state index in [2.05, 4.69) is 5.32 Å². The fourth-order valence-electron chi connectivity index (χ4n) is 4.47. The Labute approximate surface area is 210 Å². The van der Waals surface area contributed by atoms with Gasteiger partial charge in [0, 0.05) is 16.5 Å². The van der Waals surface area contributed by atoms with Gasteiger partial charge in [-0.25, -0.2) is 8.42 Å². The molecule has 0 bridgehead atoms. The number of hydrogen-bond acceptors (Lipinski definition) is 4. The lowest BCUT2D eigenvalue weighted by atomic mass is 9.83. The maximum atomic E-state index is 13.8. The minimum absolute atomic E-state index is 0.156. The maximum Gasteiger partial charge on any atom is 0.235 e. The Balaban J connectivity index is 1.56. The second kappa shape index (κ2) is 8.95. The SMILES string of the molecule is Cc1ccc(NC(=O)C(C)(CS(=O)(=O)c2ccc3oc4ccccc4c3c2)c2ccc(C)cc2)cc1. The van der Waals surface area contributed by atoms with Gasteiger partial charge in [-0.1, -0.05) is 65.7 Å². The first-order valence-electron chi connectivity index (χ1n) is 11.8. The molecule has 1 amide bonds. The Bertz CT molecular complexity index is 1680. The van der Waals surface area contributed by atoms with E-state index in [0.717, 1.165) is 21.9 Å². The van der Waals surface area contributed by atoms with Gasteiger partial charge in [0.2, 0.25) is 5.91 Å². The van der Waals surface area contributed by atoms with E-state index in [1.54, 1.807) is 25.1 Å². The van der Waals surface area contributed by atoms with Gasteiger partial charge in [-0.3, -0.25) is 4.79 Å². The quantitative estimate of drug-likeness (QED) is 0.288. The monoisotopic (exact) mass is 497 g/mol. The minimum Gasteiger partial charge on any atom is -0.456 e.